The second-order valence-corrected chi connectivity index (χ2v) is 5.50. The Bertz CT molecular complexity index is 360. The molecule has 1 heterocycles. The molecule has 96 valence electrons. The minimum atomic E-state index is -1.24. The second kappa shape index (κ2) is 5.05. The van der Waals surface area contributed by atoms with Crippen molar-refractivity contribution in [2.45, 2.75) is 25.5 Å². The molecule has 0 saturated heterocycles. The van der Waals surface area contributed by atoms with Crippen LogP contribution >= 0.6 is 11.8 Å². The van der Waals surface area contributed by atoms with E-state index >= 15 is 0 Å². The lowest BCUT2D eigenvalue weighted by molar-refractivity contribution is -0.136. The van der Waals surface area contributed by atoms with E-state index in [2.05, 4.69) is 10.3 Å². The summed E-state index contributed by atoms with van der Waals surface area (Å²) < 4.78 is 0. The number of hydrogen-bond acceptors (Lipinski definition) is 5. The van der Waals surface area contributed by atoms with Gasteiger partial charge >= 0.3 is 5.24 Å². The Kier molecular flexibility index (Phi) is 4.16. The monoisotopic (exact) mass is 259 g/mol. The molecule has 0 bridgehead atoms. The van der Waals surface area contributed by atoms with Crippen LogP contribution in [-0.4, -0.2) is 58.5 Å². The average Bonchev–Trinajstić information content (AvgIpc) is 2.57. The molecule has 0 saturated carbocycles. The molecule has 1 aliphatic heterocycles. The summed E-state index contributed by atoms with van der Waals surface area (Å²) in [6.07, 6.45) is 0. The molecular formula is C10H17N3O3S. The zero-order valence-corrected chi connectivity index (χ0v) is 11.2. The maximum Gasteiger partial charge on any atom is 0.306 e. The number of nitrogens with one attached hydrogen (secondary N) is 1. The molecule has 0 unspecified atom stereocenters. The van der Waals surface area contributed by atoms with Crippen LogP contribution in [0.5, 0.6) is 0 Å². The molecule has 1 atom stereocenters. The van der Waals surface area contributed by atoms with Crippen molar-refractivity contribution in [2.75, 3.05) is 19.8 Å². The number of carbonyl (C=O) groups is 2. The summed E-state index contributed by atoms with van der Waals surface area (Å²) in [4.78, 5) is 28.0. The summed E-state index contributed by atoms with van der Waals surface area (Å²) in [6, 6.07) is -0.817. The SMILES string of the molecule is CN(C)C(=O)[C@@H](NC1=NC(=O)SC1)C(C)(C)O. The van der Waals surface area contributed by atoms with Crippen molar-refractivity contribution in [1.82, 2.24) is 10.2 Å². The molecule has 0 aromatic rings. The lowest BCUT2D eigenvalue weighted by Crippen LogP contribution is -2.57. The van der Waals surface area contributed by atoms with Gasteiger partial charge in [-0.15, -0.1) is 0 Å². The standard InChI is InChI=1S/C10H17N3O3S/c1-10(2,16)7(8(14)13(3)4)11-6-5-17-9(15)12-6/h7,16H,5H2,1-4H3,(H,11,12,15)/t7-/m1/s1. The molecule has 7 heteroatoms. The highest BCUT2D eigenvalue weighted by molar-refractivity contribution is 8.14. The van der Waals surface area contributed by atoms with Gasteiger partial charge in [0.2, 0.25) is 5.91 Å². The maximum absolute atomic E-state index is 11.9. The molecule has 0 aliphatic carbocycles. The van der Waals surface area contributed by atoms with Crippen LogP contribution in [0.25, 0.3) is 0 Å². The fourth-order valence-corrected chi connectivity index (χ4v) is 1.93. The van der Waals surface area contributed by atoms with Crippen molar-refractivity contribution in [3.63, 3.8) is 0 Å². The van der Waals surface area contributed by atoms with Gasteiger partial charge in [-0.25, -0.2) is 0 Å². The lowest BCUT2D eigenvalue weighted by atomic mass is 9.97. The van der Waals surface area contributed by atoms with E-state index < -0.39 is 11.6 Å². The molecule has 2 amide bonds. The molecule has 2 N–H and O–H groups in total. The number of thioether (sulfide) groups is 1. The van der Waals surface area contributed by atoms with E-state index in [1.807, 2.05) is 0 Å². The van der Waals surface area contributed by atoms with E-state index in [4.69, 9.17) is 0 Å². The minimum Gasteiger partial charge on any atom is -0.388 e. The van der Waals surface area contributed by atoms with Gasteiger partial charge in [0.05, 0.1) is 11.4 Å². The minimum absolute atomic E-state index is 0.260. The maximum atomic E-state index is 11.9. The van der Waals surface area contributed by atoms with Gasteiger partial charge in [-0.05, 0) is 13.8 Å². The van der Waals surface area contributed by atoms with Crippen molar-refractivity contribution in [2.24, 2.45) is 4.99 Å². The van der Waals surface area contributed by atoms with Gasteiger partial charge in [0.15, 0.2) is 0 Å². The van der Waals surface area contributed by atoms with E-state index in [1.54, 1.807) is 14.1 Å². The molecule has 1 rings (SSSR count). The van der Waals surface area contributed by atoms with Crippen LogP contribution in [0.4, 0.5) is 4.79 Å². The van der Waals surface area contributed by atoms with Crippen LogP contribution in [-0.2, 0) is 4.79 Å². The van der Waals surface area contributed by atoms with Gasteiger partial charge in [-0.2, -0.15) is 4.99 Å². The molecule has 0 spiro atoms. The number of amides is 2. The Morgan fingerprint density at radius 1 is 1.59 bits per heavy atom. The Morgan fingerprint density at radius 2 is 2.18 bits per heavy atom. The van der Waals surface area contributed by atoms with Gasteiger partial charge in [-0.1, -0.05) is 11.8 Å². The normalized spacial score (nSPS) is 17.7. The van der Waals surface area contributed by atoms with Gasteiger partial charge < -0.3 is 15.3 Å². The highest BCUT2D eigenvalue weighted by Gasteiger charge is 2.36. The summed E-state index contributed by atoms with van der Waals surface area (Å²) in [6.45, 7) is 3.08. The highest BCUT2D eigenvalue weighted by Crippen LogP contribution is 2.16. The summed E-state index contributed by atoms with van der Waals surface area (Å²) >= 11 is 1.07. The number of rotatable bonds is 3. The van der Waals surface area contributed by atoms with E-state index in [1.165, 1.54) is 18.7 Å². The zero-order chi connectivity index (χ0) is 13.2. The van der Waals surface area contributed by atoms with E-state index in [0.717, 1.165) is 11.8 Å². The number of likely N-dealkylation sites (N-methyl/N-ethyl adjacent to an activating group) is 1. The number of hydrogen-bond donors (Lipinski definition) is 2. The fraction of sp³-hybridized carbons (Fsp3) is 0.700. The van der Waals surface area contributed by atoms with E-state index in [9.17, 15) is 14.7 Å². The molecule has 17 heavy (non-hydrogen) atoms. The van der Waals surface area contributed by atoms with E-state index in [0.29, 0.717) is 11.6 Å². The summed E-state index contributed by atoms with van der Waals surface area (Å²) in [7, 11) is 3.22. The van der Waals surface area contributed by atoms with Crippen LogP contribution in [0.15, 0.2) is 4.99 Å². The number of aliphatic imine (C=N–C) groups is 1. The third-order valence-electron chi connectivity index (χ3n) is 2.26. The topological polar surface area (TPSA) is 82.0 Å². The Balaban J connectivity index is 2.82. The van der Waals surface area contributed by atoms with Gasteiger partial charge in [0.1, 0.15) is 11.9 Å². The number of amidine groups is 1. The smallest absolute Gasteiger partial charge is 0.306 e. The molecule has 0 aromatic carbocycles. The average molecular weight is 259 g/mol. The van der Waals surface area contributed by atoms with Crippen molar-refractivity contribution < 1.29 is 14.7 Å². The Hall–Kier alpha value is -1.08. The number of carbonyl (C=O) groups excluding carboxylic acids is 2. The molecule has 0 aromatic heterocycles. The van der Waals surface area contributed by atoms with Gasteiger partial charge in [-0.3, -0.25) is 9.59 Å². The molecule has 6 nitrogen and oxygen atoms in total. The third kappa shape index (κ3) is 3.71. The zero-order valence-electron chi connectivity index (χ0n) is 10.4. The predicted molar refractivity (Wildman–Crippen MR) is 67.2 cm³/mol. The van der Waals surface area contributed by atoms with Crippen molar-refractivity contribution >= 4 is 28.7 Å². The van der Waals surface area contributed by atoms with Crippen molar-refractivity contribution in [3.05, 3.63) is 0 Å². The van der Waals surface area contributed by atoms with Crippen molar-refractivity contribution in [3.8, 4) is 0 Å². The van der Waals surface area contributed by atoms with Crippen LogP contribution in [0.3, 0.4) is 0 Å². The molecular weight excluding hydrogens is 242 g/mol. The first-order chi connectivity index (χ1) is 7.71. The number of aliphatic hydroxyl groups is 1. The quantitative estimate of drug-likeness (QED) is 0.749. The first-order valence-electron chi connectivity index (χ1n) is 5.16. The summed E-state index contributed by atoms with van der Waals surface area (Å²) in [5.41, 5.74) is -1.24. The van der Waals surface area contributed by atoms with Crippen LogP contribution in [0.2, 0.25) is 0 Å². The molecule has 1 aliphatic rings. The highest BCUT2D eigenvalue weighted by atomic mass is 32.2. The number of nitrogens with zero attached hydrogens (tertiary/aromatic N) is 2. The van der Waals surface area contributed by atoms with Crippen molar-refractivity contribution in [1.29, 1.82) is 0 Å². The van der Waals surface area contributed by atoms with Crippen LogP contribution in [0, 0.1) is 0 Å². The Labute approximate surface area is 104 Å². The van der Waals surface area contributed by atoms with Crippen LogP contribution in [0.1, 0.15) is 13.8 Å². The van der Waals surface area contributed by atoms with E-state index in [-0.39, 0.29) is 11.1 Å². The fourth-order valence-electron chi connectivity index (χ4n) is 1.34. The first kappa shape index (κ1) is 14.0. The van der Waals surface area contributed by atoms with Crippen LogP contribution < -0.4 is 5.32 Å². The third-order valence-corrected chi connectivity index (χ3v) is 3.02. The summed E-state index contributed by atoms with van der Waals surface area (Å²) in [5, 5.41) is 12.5. The second-order valence-electron chi connectivity index (χ2n) is 4.58. The summed E-state index contributed by atoms with van der Waals surface area (Å²) in [5.74, 6) is 0.582. The predicted octanol–water partition coefficient (Wildman–Crippen LogP) is 0.0690. The lowest BCUT2D eigenvalue weighted by Gasteiger charge is -2.31. The molecule has 0 radical (unpaired) electrons. The van der Waals surface area contributed by atoms with Gasteiger partial charge in [0.25, 0.3) is 0 Å². The Morgan fingerprint density at radius 3 is 2.53 bits per heavy atom. The van der Waals surface area contributed by atoms with Gasteiger partial charge in [0, 0.05) is 14.1 Å². The first-order valence-corrected chi connectivity index (χ1v) is 6.15. The largest absolute Gasteiger partial charge is 0.388 e. The molecule has 0 fully saturated rings.